The second-order valence-electron chi connectivity index (χ2n) is 6.24. The fraction of sp³-hybridized carbons (Fsp3) is 0.211. The van der Waals surface area contributed by atoms with Crippen LogP contribution in [0.1, 0.15) is 21.6 Å². The summed E-state index contributed by atoms with van der Waals surface area (Å²) in [5, 5.41) is 15.6. The first-order chi connectivity index (χ1) is 12.6. The van der Waals surface area contributed by atoms with Gasteiger partial charge in [-0.1, -0.05) is 12.1 Å². The van der Waals surface area contributed by atoms with Crippen LogP contribution in [0.15, 0.2) is 42.6 Å². The number of phenols is 1. The van der Waals surface area contributed by atoms with Crippen molar-refractivity contribution < 1.29 is 9.90 Å². The Kier molecular flexibility index (Phi) is 5.32. The minimum atomic E-state index is -0.0376. The number of benzene rings is 1. The number of nitrogens with one attached hydrogen (secondary N) is 2. The molecule has 2 aromatic heterocycles. The summed E-state index contributed by atoms with van der Waals surface area (Å²) in [5.41, 5.74) is 4.31. The molecule has 1 aliphatic heterocycles. The van der Waals surface area contributed by atoms with Crippen LogP contribution in [0.2, 0.25) is 0 Å². The number of fused-ring (bicyclic) bond motifs is 1. The second kappa shape index (κ2) is 7.67. The lowest BCUT2D eigenvalue weighted by atomic mass is 10.1. The zero-order valence-corrected chi connectivity index (χ0v) is 15.6. The number of hydrogen-bond donors (Lipinski definition) is 3. The number of nitrogens with zero attached hydrogens (tertiary/aromatic N) is 3. The summed E-state index contributed by atoms with van der Waals surface area (Å²) in [6.45, 7) is 1.16. The summed E-state index contributed by atoms with van der Waals surface area (Å²) in [7, 11) is 1.95. The van der Waals surface area contributed by atoms with Crippen LogP contribution in [0.25, 0.3) is 11.4 Å². The van der Waals surface area contributed by atoms with E-state index in [1.807, 2.05) is 29.8 Å². The number of aromatic nitrogens is 3. The zero-order valence-electron chi connectivity index (χ0n) is 14.8. The molecule has 140 valence electrons. The second-order valence-corrected chi connectivity index (χ2v) is 6.24. The smallest absolute Gasteiger partial charge is 0.253 e. The van der Waals surface area contributed by atoms with E-state index in [2.05, 4.69) is 20.6 Å². The number of hydrogen-bond acceptors (Lipinski definition) is 5. The SMILES string of the molecule is Cl.Cn1c(-c2ccnc(NCc3cccc(O)c3)n2)cc2c1CCNC2=O. The van der Waals surface area contributed by atoms with Gasteiger partial charge in [-0.25, -0.2) is 9.97 Å². The van der Waals surface area contributed by atoms with E-state index in [4.69, 9.17) is 0 Å². The Bertz CT molecular complexity index is 986. The Morgan fingerprint density at radius 1 is 1.30 bits per heavy atom. The minimum Gasteiger partial charge on any atom is -0.508 e. The molecule has 7 nitrogen and oxygen atoms in total. The molecule has 4 rings (SSSR count). The molecule has 3 aromatic rings. The van der Waals surface area contributed by atoms with Gasteiger partial charge >= 0.3 is 0 Å². The predicted molar refractivity (Wildman–Crippen MR) is 105 cm³/mol. The molecule has 0 atom stereocenters. The molecule has 0 saturated heterocycles. The van der Waals surface area contributed by atoms with Gasteiger partial charge in [-0.3, -0.25) is 4.79 Å². The summed E-state index contributed by atoms with van der Waals surface area (Å²) < 4.78 is 2.02. The van der Waals surface area contributed by atoms with Gasteiger partial charge in [0.2, 0.25) is 5.95 Å². The third kappa shape index (κ3) is 3.73. The molecular formula is C19H20ClN5O2. The van der Waals surface area contributed by atoms with Gasteiger partial charge in [0.15, 0.2) is 0 Å². The van der Waals surface area contributed by atoms with Crippen LogP contribution in [-0.2, 0) is 20.0 Å². The van der Waals surface area contributed by atoms with E-state index in [0.717, 1.165) is 29.1 Å². The van der Waals surface area contributed by atoms with Crippen LogP contribution in [0, 0.1) is 0 Å². The lowest BCUT2D eigenvalue weighted by molar-refractivity contribution is 0.0945. The third-order valence-corrected chi connectivity index (χ3v) is 4.53. The number of halogens is 1. The molecule has 1 aliphatic rings. The average Bonchev–Trinajstić information content (AvgIpc) is 2.99. The number of carbonyl (C=O) groups is 1. The highest BCUT2D eigenvalue weighted by atomic mass is 35.5. The molecular weight excluding hydrogens is 366 g/mol. The molecule has 3 N–H and O–H groups in total. The van der Waals surface area contributed by atoms with Crippen LogP contribution >= 0.6 is 12.4 Å². The number of amides is 1. The standard InChI is InChI=1S/C19H19N5O2.ClH/c1-24-16-6-8-20-18(26)14(16)10-17(24)15-5-7-21-19(23-15)22-11-12-3-2-4-13(25)9-12;/h2-5,7,9-10,25H,6,8,11H2,1H3,(H,20,26)(H,21,22,23);1H. The maximum atomic E-state index is 12.0. The molecule has 1 amide bonds. The van der Waals surface area contributed by atoms with Gasteiger partial charge in [-0.2, -0.15) is 0 Å². The first kappa shape index (κ1) is 18.7. The molecule has 0 bridgehead atoms. The van der Waals surface area contributed by atoms with Gasteiger partial charge in [0, 0.05) is 38.4 Å². The normalized spacial score (nSPS) is 12.7. The van der Waals surface area contributed by atoms with Crippen molar-refractivity contribution >= 4 is 24.3 Å². The largest absolute Gasteiger partial charge is 0.508 e. The molecule has 0 spiro atoms. The Balaban J connectivity index is 0.00000210. The monoisotopic (exact) mass is 385 g/mol. The number of aromatic hydroxyl groups is 1. The summed E-state index contributed by atoms with van der Waals surface area (Å²) in [5.74, 6) is 0.686. The quantitative estimate of drug-likeness (QED) is 0.641. The highest BCUT2D eigenvalue weighted by molar-refractivity contribution is 5.97. The van der Waals surface area contributed by atoms with Crippen molar-refractivity contribution in [1.29, 1.82) is 0 Å². The van der Waals surface area contributed by atoms with Crippen molar-refractivity contribution in [3.8, 4) is 17.1 Å². The van der Waals surface area contributed by atoms with Crippen molar-refractivity contribution in [3.05, 3.63) is 59.4 Å². The molecule has 8 heteroatoms. The highest BCUT2D eigenvalue weighted by Gasteiger charge is 2.23. The predicted octanol–water partition coefficient (Wildman–Crippen LogP) is 2.51. The van der Waals surface area contributed by atoms with Crippen LogP contribution in [-0.4, -0.2) is 32.1 Å². The van der Waals surface area contributed by atoms with Crippen LogP contribution < -0.4 is 10.6 Å². The Labute approximate surface area is 162 Å². The van der Waals surface area contributed by atoms with Crippen molar-refractivity contribution in [3.63, 3.8) is 0 Å². The van der Waals surface area contributed by atoms with Crippen molar-refractivity contribution in [2.24, 2.45) is 7.05 Å². The van der Waals surface area contributed by atoms with Gasteiger partial charge in [-0.15, -0.1) is 12.4 Å². The Morgan fingerprint density at radius 2 is 2.15 bits per heavy atom. The molecule has 0 aliphatic carbocycles. The molecule has 27 heavy (non-hydrogen) atoms. The van der Waals surface area contributed by atoms with Gasteiger partial charge in [0.25, 0.3) is 5.91 Å². The fourth-order valence-corrected chi connectivity index (χ4v) is 3.21. The van der Waals surface area contributed by atoms with Gasteiger partial charge < -0.3 is 20.3 Å². The Morgan fingerprint density at radius 3 is 2.93 bits per heavy atom. The minimum absolute atomic E-state index is 0. The maximum Gasteiger partial charge on any atom is 0.253 e. The molecule has 1 aromatic carbocycles. The van der Waals surface area contributed by atoms with E-state index in [1.165, 1.54) is 0 Å². The van der Waals surface area contributed by atoms with Crippen molar-refractivity contribution in [1.82, 2.24) is 19.9 Å². The summed E-state index contributed by atoms with van der Waals surface area (Å²) in [6.07, 6.45) is 2.50. The van der Waals surface area contributed by atoms with E-state index in [0.29, 0.717) is 24.6 Å². The zero-order chi connectivity index (χ0) is 18.1. The maximum absolute atomic E-state index is 12.0. The van der Waals surface area contributed by atoms with Crippen molar-refractivity contribution in [2.75, 3.05) is 11.9 Å². The van der Waals surface area contributed by atoms with Crippen LogP contribution in [0.4, 0.5) is 5.95 Å². The van der Waals surface area contributed by atoms with E-state index in [9.17, 15) is 9.90 Å². The summed E-state index contributed by atoms with van der Waals surface area (Å²) in [4.78, 5) is 20.9. The molecule has 3 heterocycles. The number of rotatable bonds is 4. The van der Waals surface area contributed by atoms with Gasteiger partial charge in [0.1, 0.15) is 5.75 Å². The van der Waals surface area contributed by atoms with Gasteiger partial charge in [0.05, 0.1) is 17.0 Å². The fourth-order valence-electron chi connectivity index (χ4n) is 3.21. The average molecular weight is 386 g/mol. The molecule has 0 radical (unpaired) electrons. The summed E-state index contributed by atoms with van der Waals surface area (Å²) in [6, 6.07) is 10.8. The Hall–Kier alpha value is -3.06. The number of carbonyl (C=O) groups excluding carboxylic acids is 1. The highest BCUT2D eigenvalue weighted by Crippen LogP contribution is 2.26. The first-order valence-corrected chi connectivity index (χ1v) is 8.44. The van der Waals surface area contributed by atoms with Crippen molar-refractivity contribution in [2.45, 2.75) is 13.0 Å². The number of phenolic OH excluding ortho intramolecular Hbond substituents is 1. The third-order valence-electron chi connectivity index (χ3n) is 4.53. The molecule has 0 fully saturated rings. The molecule has 0 saturated carbocycles. The topological polar surface area (TPSA) is 92.1 Å². The first-order valence-electron chi connectivity index (χ1n) is 8.44. The van der Waals surface area contributed by atoms with Crippen LogP contribution in [0.5, 0.6) is 5.75 Å². The van der Waals surface area contributed by atoms with E-state index in [-0.39, 0.29) is 24.1 Å². The van der Waals surface area contributed by atoms with Gasteiger partial charge in [-0.05, 0) is 29.8 Å². The number of anilines is 1. The van der Waals surface area contributed by atoms with E-state index < -0.39 is 0 Å². The van der Waals surface area contributed by atoms with E-state index >= 15 is 0 Å². The summed E-state index contributed by atoms with van der Waals surface area (Å²) >= 11 is 0. The lowest BCUT2D eigenvalue weighted by Gasteiger charge is -2.14. The van der Waals surface area contributed by atoms with Crippen LogP contribution in [0.3, 0.4) is 0 Å². The lowest BCUT2D eigenvalue weighted by Crippen LogP contribution is -2.31. The van der Waals surface area contributed by atoms with E-state index in [1.54, 1.807) is 24.4 Å². The molecule has 0 unspecified atom stereocenters.